The predicted octanol–water partition coefficient (Wildman–Crippen LogP) is 5.66. The lowest BCUT2D eigenvalue weighted by atomic mass is 9.79. The van der Waals surface area contributed by atoms with Crippen LogP contribution in [0, 0.1) is 17.3 Å². The smallest absolute Gasteiger partial charge is 0.0608 e. The Morgan fingerprint density at radius 2 is 1.24 bits per heavy atom. The molecule has 0 N–H and O–H groups in total. The quantitative estimate of drug-likeness (QED) is 0.508. The van der Waals surface area contributed by atoms with E-state index in [4.69, 9.17) is 4.74 Å². The van der Waals surface area contributed by atoms with E-state index in [9.17, 15) is 0 Å². The normalized spacial score (nSPS) is 31.1. The molecule has 3 aliphatic heterocycles. The molecule has 4 heteroatoms. The third kappa shape index (κ3) is 7.66. The van der Waals surface area contributed by atoms with Crippen LogP contribution in [-0.4, -0.2) is 84.3 Å². The topological polar surface area (TPSA) is 19.0 Å². The van der Waals surface area contributed by atoms with Crippen molar-refractivity contribution in [2.75, 3.05) is 45.8 Å². The van der Waals surface area contributed by atoms with Crippen molar-refractivity contribution >= 4 is 0 Å². The third-order valence-corrected chi connectivity index (χ3v) is 9.14. The number of likely N-dealkylation sites (tertiary alicyclic amines) is 3. The zero-order chi connectivity index (χ0) is 23.6. The molecule has 0 bridgehead atoms. The molecule has 4 nitrogen and oxygen atoms in total. The molecule has 0 aromatic rings. The fraction of sp³-hybridized carbons (Fsp3) is 1.00. The first-order valence-electron chi connectivity index (χ1n) is 14.4. The number of nitrogens with zero attached hydrogens (tertiary/aromatic N) is 3. The lowest BCUT2D eigenvalue weighted by molar-refractivity contribution is -0.108. The molecule has 0 atom stereocenters. The van der Waals surface area contributed by atoms with Gasteiger partial charge in [-0.1, -0.05) is 20.8 Å². The van der Waals surface area contributed by atoms with Crippen LogP contribution in [0.5, 0.6) is 0 Å². The van der Waals surface area contributed by atoms with Gasteiger partial charge in [0.25, 0.3) is 0 Å². The van der Waals surface area contributed by atoms with Gasteiger partial charge in [0.2, 0.25) is 0 Å². The SMILES string of the molecule is CC(C)(C)CC1CCN([C@H]2C[C@H](OC3CCN(CC4CCN(C(C)(C)C)CC4)CC3)C2)CC1. The predicted molar refractivity (Wildman–Crippen MR) is 140 cm³/mol. The summed E-state index contributed by atoms with van der Waals surface area (Å²) in [5, 5.41) is 0. The zero-order valence-electron chi connectivity index (χ0n) is 23.0. The van der Waals surface area contributed by atoms with Crippen molar-refractivity contribution in [3.63, 3.8) is 0 Å². The first kappa shape index (κ1) is 25.9. The molecule has 3 saturated heterocycles. The molecule has 0 amide bonds. The van der Waals surface area contributed by atoms with Crippen LogP contribution in [0.1, 0.15) is 99.3 Å². The van der Waals surface area contributed by atoms with Crippen molar-refractivity contribution < 1.29 is 4.74 Å². The van der Waals surface area contributed by atoms with Crippen molar-refractivity contribution in [2.45, 2.75) is 123 Å². The van der Waals surface area contributed by atoms with E-state index < -0.39 is 0 Å². The van der Waals surface area contributed by atoms with E-state index in [0.29, 0.717) is 23.2 Å². The van der Waals surface area contributed by atoms with Crippen LogP contribution < -0.4 is 0 Å². The molecule has 192 valence electrons. The Morgan fingerprint density at radius 1 is 0.667 bits per heavy atom. The summed E-state index contributed by atoms with van der Waals surface area (Å²) >= 11 is 0. The van der Waals surface area contributed by atoms with Crippen molar-refractivity contribution in [3.8, 4) is 0 Å². The third-order valence-electron chi connectivity index (χ3n) is 9.14. The van der Waals surface area contributed by atoms with E-state index in [1.54, 1.807) is 0 Å². The van der Waals surface area contributed by atoms with E-state index in [2.05, 4.69) is 56.2 Å². The van der Waals surface area contributed by atoms with Crippen LogP contribution in [0.15, 0.2) is 0 Å². The number of piperidine rings is 3. The van der Waals surface area contributed by atoms with Crippen LogP contribution in [0.2, 0.25) is 0 Å². The molecule has 1 aliphatic carbocycles. The second-order valence-electron chi connectivity index (χ2n) is 14.2. The van der Waals surface area contributed by atoms with E-state index >= 15 is 0 Å². The minimum atomic E-state index is 0.337. The summed E-state index contributed by atoms with van der Waals surface area (Å²) in [6.45, 7) is 23.3. The van der Waals surface area contributed by atoms with E-state index in [1.807, 2.05) is 0 Å². The molecular weight excluding hydrogens is 406 g/mol. The van der Waals surface area contributed by atoms with Crippen molar-refractivity contribution in [3.05, 3.63) is 0 Å². The Balaban J connectivity index is 1.06. The molecule has 1 saturated carbocycles. The molecule has 0 aromatic heterocycles. The lowest BCUT2D eigenvalue weighted by Crippen LogP contribution is -2.52. The van der Waals surface area contributed by atoms with Crippen molar-refractivity contribution in [2.24, 2.45) is 17.3 Å². The number of hydrogen-bond donors (Lipinski definition) is 0. The number of hydrogen-bond acceptors (Lipinski definition) is 4. The summed E-state index contributed by atoms with van der Waals surface area (Å²) in [6, 6.07) is 0.810. The van der Waals surface area contributed by atoms with Crippen molar-refractivity contribution in [1.82, 2.24) is 14.7 Å². The van der Waals surface area contributed by atoms with Gasteiger partial charge in [-0.3, -0.25) is 4.90 Å². The van der Waals surface area contributed by atoms with Gasteiger partial charge < -0.3 is 14.5 Å². The van der Waals surface area contributed by atoms with Gasteiger partial charge in [0.05, 0.1) is 12.2 Å². The highest BCUT2D eigenvalue weighted by atomic mass is 16.5. The second-order valence-corrected chi connectivity index (χ2v) is 14.2. The molecule has 4 rings (SSSR count). The Labute approximate surface area is 205 Å². The summed E-state index contributed by atoms with van der Waals surface area (Å²) in [6.07, 6.45) is 13.1. The van der Waals surface area contributed by atoms with Crippen LogP contribution in [0.4, 0.5) is 0 Å². The average Bonchev–Trinajstić information content (AvgIpc) is 2.71. The molecular formula is C29H55N3O. The maximum atomic E-state index is 6.57. The summed E-state index contributed by atoms with van der Waals surface area (Å²) in [5.41, 5.74) is 0.825. The summed E-state index contributed by atoms with van der Waals surface area (Å²) in [7, 11) is 0. The van der Waals surface area contributed by atoms with Crippen LogP contribution >= 0.6 is 0 Å². The Bertz CT molecular complexity index is 579. The highest BCUT2D eigenvalue weighted by Gasteiger charge is 2.38. The largest absolute Gasteiger partial charge is 0.375 e. The number of ether oxygens (including phenoxy) is 1. The lowest BCUT2D eigenvalue weighted by Gasteiger charge is -2.47. The fourth-order valence-electron chi connectivity index (χ4n) is 6.99. The Morgan fingerprint density at radius 3 is 1.79 bits per heavy atom. The molecule has 3 heterocycles. The zero-order valence-corrected chi connectivity index (χ0v) is 23.0. The van der Waals surface area contributed by atoms with Gasteiger partial charge >= 0.3 is 0 Å². The second kappa shape index (κ2) is 10.8. The molecule has 0 aromatic carbocycles. The van der Waals surface area contributed by atoms with Gasteiger partial charge in [-0.15, -0.1) is 0 Å². The highest BCUT2D eigenvalue weighted by molar-refractivity contribution is 4.92. The average molecular weight is 462 g/mol. The van der Waals surface area contributed by atoms with Gasteiger partial charge in [0.1, 0.15) is 0 Å². The minimum Gasteiger partial charge on any atom is -0.375 e. The summed E-state index contributed by atoms with van der Waals surface area (Å²) in [4.78, 5) is 8.19. The molecule has 0 radical (unpaired) electrons. The molecule has 4 aliphatic rings. The highest BCUT2D eigenvalue weighted by Crippen LogP contribution is 2.36. The van der Waals surface area contributed by atoms with Crippen LogP contribution in [-0.2, 0) is 4.74 Å². The van der Waals surface area contributed by atoms with Gasteiger partial charge in [-0.05, 0) is 122 Å². The first-order valence-corrected chi connectivity index (χ1v) is 14.4. The van der Waals surface area contributed by atoms with Gasteiger partial charge in [0, 0.05) is 31.2 Å². The van der Waals surface area contributed by atoms with Crippen molar-refractivity contribution in [1.29, 1.82) is 0 Å². The standard InChI is InChI=1S/C29H55N3O/c1-28(2,3)21-23-7-15-31(16-8-23)25-19-27(20-25)33-26-11-13-30(14-12-26)22-24-9-17-32(18-10-24)29(4,5)6/h23-27H,7-22H2,1-6H3/t25-,27-. The van der Waals surface area contributed by atoms with Crippen LogP contribution in [0.25, 0.3) is 0 Å². The molecule has 0 unspecified atom stereocenters. The Kier molecular flexibility index (Phi) is 8.52. The summed E-state index contributed by atoms with van der Waals surface area (Å²) in [5.74, 6) is 1.85. The van der Waals surface area contributed by atoms with E-state index in [0.717, 1.165) is 17.9 Å². The van der Waals surface area contributed by atoms with Gasteiger partial charge in [0.15, 0.2) is 0 Å². The molecule has 33 heavy (non-hydrogen) atoms. The van der Waals surface area contributed by atoms with E-state index in [1.165, 1.54) is 104 Å². The van der Waals surface area contributed by atoms with Gasteiger partial charge in [-0.2, -0.15) is 0 Å². The number of rotatable bonds is 6. The fourth-order valence-corrected chi connectivity index (χ4v) is 6.99. The Hall–Kier alpha value is -0.160. The van der Waals surface area contributed by atoms with Crippen LogP contribution in [0.3, 0.4) is 0 Å². The first-order chi connectivity index (χ1) is 15.5. The maximum Gasteiger partial charge on any atom is 0.0608 e. The maximum absolute atomic E-state index is 6.57. The molecule has 0 spiro atoms. The minimum absolute atomic E-state index is 0.337. The monoisotopic (exact) mass is 461 g/mol. The summed E-state index contributed by atoms with van der Waals surface area (Å²) < 4.78 is 6.57. The van der Waals surface area contributed by atoms with E-state index in [-0.39, 0.29) is 0 Å². The molecule has 4 fully saturated rings. The van der Waals surface area contributed by atoms with Gasteiger partial charge in [-0.25, -0.2) is 0 Å².